The molecule has 0 unspecified atom stereocenters. The second kappa shape index (κ2) is 7.32. The number of piperidine rings is 2. The molecule has 0 saturated carbocycles. The van der Waals surface area contributed by atoms with Gasteiger partial charge < -0.3 is 14.2 Å². The first-order valence-electron chi connectivity index (χ1n) is 9.24. The van der Waals surface area contributed by atoms with Gasteiger partial charge in [-0.15, -0.1) is 0 Å². The van der Waals surface area contributed by atoms with Crippen molar-refractivity contribution in [3.63, 3.8) is 0 Å². The van der Waals surface area contributed by atoms with E-state index in [1.54, 1.807) is 18.3 Å². The molecule has 26 heavy (non-hydrogen) atoms. The molecule has 0 aromatic carbocycles. The first-order chi connectivity index (χ1) is 12.7. The van der Waals surface area contributed by atoms with Crippen LogP contribution in [0.5, 0.6) is 0 Å². The minimum absolute atomic E-state index is 0.0506. The van der Waals surface area contributed by atoms with Crippen LogP contribution in [0.15, 0.2) is 47.2 Å². The highest BCUT2D eigenvalue weighted by atomic mass is 16.3. The molecule has 2 amide bonds. The van der Waals surface area contributed by atoms with Crippen molar-refractivity contribution in [3.05, 3.63) is 54.2 Å². The van der Waals surface area contributed by atoms with Crippen molar-refractivity contribution in [2.45, 2.75) is 31.7 Å². The zero-order chi connectivity index (χ0) is 17.9. The van der Waals surface area contributed by atoms with E-state index in [9.17, 15) is 9.59 Å². The van der Waals surface area contributed by atoms with Gasteiger partial charge in [-0.1, -0.05) is 6.07 Å². The summed E-state index contributed by atoms with van der Waals surface area (Å²) in [7, 11) is 0. The Kier molecular flexibility index (Phi) is 4.73. The summed E-state index contributed by atoms with van der Waals surface area (Å²) in [6.07, 6.45) is 6.32. The van der Waals surface area contributed by atoms with Gasteiger partial charge in [-0.05, 0) is 43.0 Å². The van der Waals surface area contributed by atoms with Crippen LogP contribution in [-0.2, 0) is 11.2 Å². The number of carbonyl (C=O) groups is 2. The Hall–Kier alpha value is -2.63. The summed E-state index contributed by atoms with van der Waals surface area (Å²) in [6.45, 7) is 2.05. The monoisotopic (exact) mass is 353 g/mol. The van der Waals surface area contributed by atoms with Gasteiger partial charge >= 0.3 is 0 Å². The lowest BCUT2D eigenvalue weighted by Gasteiger charge is -2.47. The minimum Gasteiger partial charge on any atom is -0.459 e. The van der Waals surface area contributed by atoms with Crippen molar-refractivity contribution in [1.82, 2.24) is 14.8 Å². The van der Waals surface area contributed by atoms with Gasteiger partial charge in [0.15, 0.2) is 5.76 Å². The predicted octanol–water partition coefficient (Wildman–Crippen LogP) is 2.37. The van der Waals surface area contributed by atoms with Crippen LogP contribution in [-0.4, -0.2) is 52.3 Å². The Morgan fingerprint density at radius 2 is 2.15 bits per heavy atom. The second-order valence-corrected chi connectivity index (χ2v) is 7.04. The van der Waals surface area contributed by atoms with Crippen LogP contribution < -0.4 is 0 Å². The van der Waals surface area contributed by atoms with Crippen LogP contribution in [0, 0.1) is 5.92 Å². The molecule has 2 saturated heterocycles. The molecule has 2 aliphatic heterocycles. The zero-order valence-corrected chi connectivity index (χ0v) is 14.7. The molecule has 2 aliphatic rings. The van der Waals surface area contributed by atoms with Gasteiger partial charge in [0.1, 0.15) is 0 Å². The summed E-state index contributed by atoms with van der Waals surface area (Å²) >= 11 is 0. The molecular formula is C20H23N3O3. The fourth-order valence-corrected chi connectivity index (χ4v) is 4.16. The number of amides is 2. The molecule has 2 atom stereocenters. The largest absolute Gasteiger partial charge is 0.459 e. The Morgan fingerprint density at radius 1 is 1.23 bits per heavy atom. The first-order valence-corrected chi connectivity index (χ1v) is 9.24. The summed E-state index contributed by atoms with van der Waals surface area (Å²) < 4.78 is 5.25. The van der Waals surface area contributed by atoms with E-state index in [0.29, 0.717) is 37.7 Å². The molecule has 4 rings (SSSR count). The number of carbonyl (C=O) groups excluding carboxylic acids is 2. The summed E-state index contributed by atoms with van der Waals surface area (Å²) in [6, 6.07) is 9.53. The quantitative estimate of drug-likeness (QED) is 0.846. The van der Waals surface area contributed by atoms with E-state index in [-0.39, 0.29) is 17.9 Å². The molecule has 136 valence electrons. The number of hydrogen-bond acceptors (Lipinski definition) is 4. The molecule has 6 heteroatoms. The van der Waals surface area contributed by atoms with E-state index < -0.39 is 0 Å². The highest BCUT2D eigenvalue weighted by Crippen LogP contribution is 2.32. The average Bonchev–Trinajstić information content (AvgIpc) is 3.22. The molecule has 6 nitrogen and oxygen atoms in total. The molecule has 2 fully saturated rings. The van der Waals surface area contributed by atoms with Gasteiger partial charge in [-0.2, -0.15) is 0 Å². The maximum atomic E-state index is 12.5. The zero-order valence-electron chi connectivity index (χ0n) is 14.7. The van der Waals surface area contributed by atoms with Gasteiger partial charge in [-0.25, -0.2) is 0 Å². The summed E-state index contributed by atoms with van der Waals surface area (Å²) in [4.78, 5) is 33.3. The van der Waals surface area contributed by atoms with E-state index in [0.717, 1.165) is 25.0 Å². The topological polar surface area (TPSA) is 66.7 Å². The van der Waals surface area contributed by atoms with Crippen LogP contribution in [0.25, 0.3) is 0 Å². The highest BCUT2D eigenvalue weighted by Gasteiger charge is 2.40. The SMILES string of the molecule is O=C(c1ccco1)N1CC[C@@H]2[C@@H](CCC(=O)N2CCc2ccccn2)C1. The molecule has 0 N–H and O–H groups in total. The number of hydrogen-bond donors (Lipinski definition) is 0. The van der Waals surface area contributed by atoms with Crippen LogP contribution in [0.3, 0.4) is 0 Å². The van der Waals surface area contributed by atoms with Gasteiger partial charge in [-0.3, -0.25) is 14.6 Å². The summed E-state index contributed by atoms with van der Waals surface area (Å²) in [5.74, 6) is 0.907. The van der Waals surface area contributed by atoms with Crippen molar-refractivity contribution in [1.29, 1.82) is 0 Å². The smallest absolute Gasteiger partial charge is 0.289 e. The Morgan fingerprint density at radius 3 is 2.92 bits per heavy atom. The summed E-state index contributed by atoms with van der Waals surface area (Å²) in [5.41, 5.74) is 1.01. The molecule has 0 radical (unpaired) electrons. The van der Waals surface area contributed by atoms with E-state index in [1.165, 1.54) is 6.26 Å². The second-order valence-electron chi connectivity index (χ2n) is 7.04. The van der Waals surface area contributed by atoms with Crippen LogP contribution in [0.2, 0.25) is 0 Å². The molecule has 0 bridgehead atoms. The fourth-order valence-electron chi connectivity index (χ4n) is 4.16. The number of nitrogens with zero attached hydrogens (tertiary/aromatic N) is 3. The number of likely N-dealkylation sites (tertiary alicyclic amines) is 2. The highest BCUT2D eigenvalue weighted by molar-refractivity contribution is 5.91. The van der Waals surface area contributed by atoms with Gasteiger partial charge in [0.25, 0.3) is 5.91 Å². The van der Waals surface area contributed by atoms with Gasteiger partial charge in [0.2, 0.25) is 5.91 Å². The van der Waals surface area contributed by atoms with E-state index in [4.69, 9.17) is 4.42 Å². The Balaban J connectivity index is 1.41. The lowest BCUT2D eigenvalue weighted by Crippen LogP contribution is -2.57. The fraction of sp³-hybridized carbons (Fsp3) is 0.450. The molecule has 0 spiro atoms. The number of aromatic nitrogens is 1. The third kappa shape index (κ3) is 3.36. The minimum atomic E-state index is -0.0506. The van der Waals surface area contributed by atoms with Crippen molar-refractivity contribution in [2.24, 2.45) is 5.92 Å². The number of furan rings is 1. The van der Waals surface area contributed by atoms with E-state index in [1.807, 2.05) is 28.0 Å². The lowest BCUT2D eigenvalue weighted by atomic mass is 9.83. The van der Waals surface area contributed by atoms with Crippen LogP contribution in [0.1, 0.15) is 35.5 Å². The molecule has 4 heterocycles. The molecule has 2 aromatic rings. The van der Waals surface area contributed by atoms with Crippen LogP contribution in [0.4, 0.5) is 0 Å². The van der Waals surface area contributed by atoms with Crippen LogP contribution >= 0.6 is 0 Å². The van der Waals surface area contributed by atoms with Crippen molar-refractivity contribution < 1.29 is 14.0 Å². The predicted molar refractivity (Wildman–Crippen MR) is 95.4 cm³/mol. The van der Waals surface area contributed by atoms with E-state index in [2.05, 4.69) is 4.98 Å². The van der Waals surface area contributed by atoms with Gasteiger partial charge in [0.05, 0.1) is 6.26 Å². The normalized spacial score (nSPS) is 23.0. The third-order valence-electron chi connectivity index (χ3n) is 5.50. The standard InChI is InChI=1S/C20H23N3O3/c24-19-7-6-15-14-22(20(25)18-5-3-13-26-18)11-9-17(15)23(19)12-8-16-4-1-2-10-21-16/h1-5,10,13,15,17H,6-9,11-12,14H2/t15-,17+/m0/s1. The maximum absolute atomic E-state index is 12.5. The molecule has 2 aromatic heterocycles. The summed E-state index contributed by atoms with van der Waals surface area (Å²) in [5, 5.41) is 0. The number of rotatable bonds is 4. The maximum Gasteiger partial charge on any atom is 0.289 e. The lowest BCUT2D eigenvalue weighted by molar-refractivity contribution is -0.140. The van der Waals surface area contributed by atoms with Crippen molar-refractivity contribution in [3.8, 4) is 0 Å². The number of pyridine rings is 1. The third-order valence-corrected chi connectivity index (χ3v) is 5.50. The first kappa shape index (κ1) is 16.8. The molecular weight excluding hydrogens is 330 g/mol. The van der Waals surface area contributed by atoms with Crippen molar-refractivity contribution >= 4 is 11.8 Å². The van der Waals surface area contributed by atoms with Crippen molar-refractivity contribution in [2.75, 3.05) is 19.6 Å². The van der Waals surface area contributed by atoms with Gasteiger partial charge in [0, 0.05) is 50.4 Å². The Bertz CT molecular complexity index is 760. The molecule has 0 aliphatic carbocycles. The Labute approximate surface area is 152 Å². The van der Waals surface area contributed by atoms with E-state index >= 15 is 0 Å². The average molecular weight is 353 g/mol. The number of fused-ring (bicyclic) bond motifs is 1.